The fraction of sp³-hybridized carbons (Fsp3) is 0.226. The molecule has 0 aliphatic heterocycles. The number of ketones is 1. The number of anilines is 3. The van der Waals surface area contributed by atoms with Crippen molar-refractivity contribution >= 4 is 58.4 Å². The summed E-state index contributed by atoms with van der Waals surface area (Å²) in [4.78, 5) is 51.1. The first-order valence-electron chi connectivity index (χ1n) is 12.6. The van der Waals surface area contributed by atoms with Crippen molar-refractivity contribution in [3.63, 3.8) is 0 Å². The lowest BCUT2D eigenvalue weighted by molar-refractivity contribution is -0.119. The molecule has 0 atom stereocenters. The molecule has 0 unspecified atom stereocenters. The Morgan fingerprint density at radius 3 is 1.69 bits per heavy atom. The summed E-state index contributed by atoms with van der Waals surface area (Å²) in [5.74, 6) is -1.40. The SMILES string of the molecule is CSc1ccc(C(=O)/C=C/c2ccc(NC(=O)c3cc(NC(=O)C(C)C)cc(NC(=O)C(C)C)c3)cc2)cc1. The van der Waals surface area contributed by atoms with Crippen molar-refractivity contribution in [2.45, 2.75) is 32.6 Å². The standard InChI is InChI=1S/C31H33N3O4S/c1-19(2)29(36)33-25-16-23(17-26(18-25)34-30(37)20(3)4)31(38)32-24-11-6-21(7-12-24)8-15-28(35)22-9-13-27(39-5)14-10-22/h6-20H,1-5H3,(H,32,38)(H,33,36)(H,34,37)/b15-8+. The Morgan fingerprint density at radius 2 is 1.21 bits per heavy atom. The highest BCUT2D eigenvalue weighted by molar-refractivity contribution is 7.98. The van der Waals surface area contributed by atoms with E-state index < -0.39 is 5.91 Å². The Kier molecular flexibility index (Phi) is 10.2. The molecular formula is C31H33N3O4S. The first kappa shape index (κ1) is 29.4. The van der Waals surface area contributed by atoms with Crippen LogP contribution in [0, 0.1) is 11.8 Å². The molecule has 3 amide bonds. The zero-order valence-electron chi connectivity index (χ0n) is 22.7. The molecule has 0 radical (unpaired) electrons. The van der Waals surface area contributed by atoms with Gasteiger partial charge in [0, 0.05) is 44.9 Å². The third kappa shape index (κ3) is 8.68. The van der Waals surface area contributed by atoms with Gasteiger partial charge in [-0.2, -0.15) is 0 Å². The minimum absolute atomic E-state index is 0.0927. The third-order valence-electron chi connectivity index (χ3n) is 5.75. The van der Waals surface area contributed by atoms with Gasteiger partial charge in [-0.1, -0.05) is 45.9 Å². The molecule has 8 heteroatoms. The third-order valence-corrected chi connectivity index (χ3v) is 6.49. The van der Waals surface area contributed by atoms with Crippen LogP contribution in [0.25, 0.3) is 6.08 Å². The van der Waals surface area contributed by atoms with E-state index in [1.807, 2.05) is 18.4 Å². The summed E-state index contributed by atoms with van der Waals surface area (Å²) in [5.41, 5.74) is 3.07. The summed E-state index contributed by atoms with van der Waals surface area (Å²) in [6.45, 7) is 7.08. The van der Waals surface area contributed by atoms with Crippen LogP contribution in [0.5, 0.6) is 0 Å². The Balaban J connectivity index is 1.72. The molecule has 0 saturated heterocycles. The fourth-order valence-electron chi connectivity index (χ4n) is 3.38. The molecule has 202 valence electrons. The highest BCUT2D eigenvalue weighted by Crippen LogP contribution is 2.22. The summed E-state index contributed by atoms with van der Waals surface area (Å²) in [6.07, 6.45) is 5.23. The molecular weight excluding hydrogens is 510 g/mol. The Morgan fingerprint density at radius 1 is 0.667 bits per heavy atom. The minimum atomic E-state index is -0.400. The molecule has 0 bridgehead atoms. The molecule has 0 heterocycles. The molecule has 3 aromatic rings. The minimum Gasteiger partial charge on any atom is -0.326 e. The van der Waals surface area contributed by atoms with E-state index in [0.29, 0.717) is 22.6 Å². The predicted molar refractivity (Wildman–Crippen MR) is 159 cm³/mol. The molecule has 0 aliphatic carbocycles. The van der Waals surface area contributed by atoms with Crippen LogP contribution in [-0.4, -0.2) is 29.8 Å². The smallest absolute Gasteiger partial charge is 0.255 e. The van der Waals surface area contributed by atoms with Gasteiger partial charge in [0.05, 0.1) is 0 Å². The lowest BCUT2D eigenvalue weighted by Crippen LogP contribution is -2.21. The van der Waals surface area contributed by atoms with E-state index in [9.17, 15) is 19.2 Å². The highest BCUT2D eigenvalue weighted by Gasteiger charge is 2.15. The average molecular weight is 544 g/mol. The van der Waals surface area contributed by atoms with Crippen molar-refractivity contribution in [2.24, 2.45) is 11.8 Å². The van der Waals surface area contributed by atoms with Gasteiger partial charge < -0.3 is 16.0 Å². The quantitative estimate of drug-likeness (QED) is 0.149. The summed E-state index contributed by atoms with van der Waals surface area (Å²) in [7, 11) is 0. The van der Waals surface area contributed by atoms with Gasteiger partial charge in [0.25, 0.3) is 5.91 Å². The average Bonchev–Trinajstić information content (AvgIpc) is 2.92. The number of amides is 3. The van der Waals surface area contributed by atoms with Gasteiger partial charge in [-0.15, -0.1) is 11.8 Å². The molecule has 3 aromatic carbocycles. The van der Waals surface area contributed by atoms with E-state index >= 15 is 0 Å². The number of hydrogen-bond acceptors (Lipinski definition) is 5. The second kappa shape index (κ2) is 13.6. The molecule has 0 aromatic heterocycles. The van der Waals surface area contributed by atoms with Gasteiger partial charge in [0.15, 0.2) is 5.78 Å². The Hall–Kier alpha value is -4.17. The van der Waals surface area contributed by atoms with Crippen LogP contribution in [0.15, 0.2) is 77.7 Å². The maximum absolute atomic E-state index is 13.1. The van der Waals surface area contributed by atoms with Crippen molar-refractivity contribution < 1.29 is 19.2 Å². The topological polar surface area (TPSA) is 104 Å². The maximum atomic E-state index is 13.1. The molecule has 0 aliphatic rings. The number of thioether (sulfide) groups is 1. The van der Waals surface area contributed by atoms with Gasteiger partial charge >= 0.3 is 0 Å². The van der Waals surface area contributed by atoms with E-state index in [2.05, 4.69) is 16.0 Å². The van der Waals surface area contributed by atoms with E-state index in [0.717, 1.165) is 10.5 Å². The van der Waals surface area contributed by atoms with Crippen molar-refractivity contribution in [3.8, 4) is 0 Å². The van der Waals surface area contributed by atoms with Gasteiger partial charge in [-0.05, 0) is 72.5 Å². The molecule has 7 nitrogen and oxygen atoms in total. The molecule has 3 rings (SSSR count). The first-order chi connectivity index (χ1) is 18.5. The summed E-state index contributed by atoms with van der Waals surface area (Å²) >= 11 is 1.62. The molecule has 0 spiro atoms. The Labute approximate surface area is 233 Å². The summed E-state index contributed by atoms with van der Waals surface area (Å²) in [6, 6.07) is 19.3. The normalized spacial score (nSPS) is 11.1. The van der Waals surface area contributed by atoms with Crippen molar-refractivity contribution in [1.82, 2.24) is 0 Å². The summed E-state index contributed by atoms with van der Waals surface area (Å²) < 4.78 is 0. The highest BCUT2D eigenvalue weighted by atomic mass is 32.2. The number of rotatable bonds is 10. The molecule has 0 saturated carbocycles. The zero-order chi connectivity index (χ0) is 28.5. The van der Waals surface area contributed by atoms with Crippen LogP contribution in [0.2, 0.25) is 0 Å². The van der Waals surface area contributed by atoms with Gasteiger partial charge in [0.2, 0.25) is 11.8 Å². The van der Waals surface area contributed by atoms with E-state index in [1.165, 1.54) is 6.08 Å². The van der Waals surface area contributed by atoms with Crippen LogP contribution in [0.3, 0.4) is 0 Å². The number of carbonyl (C=O) groups excluding carboxylic acids is 4. The fourth-order valence-corrected chi connectivity index (χ4v) is 3.79. The van der Waals surface area contributed by atoms with Crippen LogP contribution in [-0.2, 0) is 9.59 Å². The van der Waals surface area contributed by atoms with Crippen molar-refractivity contribution in [2.75, 3.05) is 22.2 Å². The second-order valence-electron chi connectivity index (χ2n) is 9.59. The van der Waals surface area contributed by atoms with Crippen molar-refractivity contribution in [1.29, 1.82) is 0 Å². The zero-order valence-corrected chi connectivity index (χ0v) is 23.5. The van der Waals surface area contributed by atoms with E-state index in [-0.39, 0.29) is 35.0 Å². The second-order valence-corrected chi connectivity index (χ2v) is 10.5. The van der Waals surface area contributed by atoms with Crippen LogP contribution in [0.1, 0.15) is 54.0 Å². The number of carbonyl (C=O) groups is 4. The van der Waals surface area contributed by atoms with Crippen molar-refractivity contribution in [3.05, 3.63) is 89.5 Å². The first-order valence-corrected chi connectivity index (χ1v) is 13.8. The Bertz CT molecular complexity index is 1340. The van der Waals surface area contributed by atoms with Crippen LogP contribution in [0.4, 0.5) is 17.1 Å². The number of hydrogen-bond donors (Lipinski definition) is 3. The van der Waals surface area contributed by atoms with Gasteiger partial charge in [-0.25, -0.2) is 0 Å². The predicted octanol–water partition coefficient (Wildman–Crippen LogP) is 6.75. The number of allylic oxidation sites excluding steroid dienone is 1. The largest absolute Gasteiger partial charge is 0.326 e. The van der Waals surface area contributed by atoms with E-state index in [4.69, 9.17) is 0 Å². The molecule has 0 fully saturated rings. The lowest BCUT2D eigenvalue weighted by atomic mass is 10.1. The molecule has 39 heavy (non-hydrogen) atoms. The van der Waals surface area contributed by atoms with Gasteiger partial charge in [-0.3, -0.25) is 19.2 Å². The molecule has 3 N–H and O–H groups in total. The number of benzene rings is 3. The summed E-state index contributed by atoms with van der Waals surface area (Å²) in [5, 5.41) is 8.41. The van der Waals surface area contributed by atoms with Gasteiger partial charge in [0.1, 0.15) is 0 Å². The number of nitrogens with one attached hydrogen (secondary N) is 3. The lowest BCUT2D eigenvalue weighted by Gasteiger charge is -2.14. The van der Waals surface area contributed by atoms with E-state index in [1.54, 1.807) is 100 Å². The van der Waals surface area contributed by atoms with Crippen LogP contribution < -0.4 is 16.0 Å². The van der Waals surface area contributed by atoms with Crippen LogP contribution >= 0.6 is 11.8 Å². The maximum Gasteiger partial charge on any atom is 0.255 e. The monoisotopic (exact) mass is 543 g/mol.